The maximum absolute atomic E-state index is 12.0. The van der Waals surface area contributed by atoms with Crippen molar-refractivity contribution in [1.29, 1.82) is 0 Å². The Morgan fingerprint density at radius 1 is 1.07 bits per heavy atom. The second-order valence-corrected chi connectivity index (χ2v) is 8.31. The fraction of sp³-hybridized carbons (Fsp3) is 0.364. The van der Waals surface area contributed by atoms with E-state index >= 15 is 0 Å². The second kappa shape index (κ2) is 6.26. The van der Waals surface area contributed by atoms with Crippen LogP contribution in [0.15, 0.2) is 56.0 Å². The average molecular weight is 382 g/mol. The molecule has 0 saturated carbocycles. The lowest BCUT2D eigenvalue weighted by molar-refractivity contribution is -0.145. The summed E-state index contributed by atoms with van der Waals surface area (Å²) < 4.78 is 22.3. The molecule has 0 saturated heterocycles. The number of rotatable bonds is 5. The number of esters is 1. The Bertz CT molecular complexity index is 1160. The summed E-state index contributed by atoms with van der Waals surface area (Å²) in [5, 5.41) is 1.52. The molecule has 0 spiro atoms. The largest absolute Gasteiger partial charge is 0.492 e. The molecule has 6 heteroatoms. The zero-order valence-electron chi connectivity index (χ0n) is 16.3. The molecule has 2 aromatic heterocycles. The van der Waals surface area contributed by atoms with Crippen molar-refractivity contribution in [3.8, 4) is 5.75 Å². The lowest BCUT2D eigenvalue weighted by Crippen LogP contribution is -2.20. The van der Waals surface area contributed by atoms with Crippen molar-refractivity contribution >= 4 is 27.9 Å². The van der Waals surface area contributed by atoms with Gasteiger partial charge in [0.2, 0.25) is 0 Å². The van der Waals surface area contributed by atoms with Gasteiger partial charge in [-0.3, -0.25) is 4.79 Å². The molecule has 1 aliphatic heterocycles. The Morgan fingerprint density at radius 2 is 1.82 bits per heavy atom. The lowest BCUT2D eigenvalue weighted by atomic mass is 9.84. The summed E-state index contributed by atoms with van der Waals surface area (Å²) >= 11 is 0. The summed E-state index contributed by atoms with van der Waals surface area (Å²) in [6.45, 7) is 8.11. The predicted octanol–water partition coefficient (Wildman–Crippen LogP) is 4.80. The summed E-state index contributed by atoms with van der Waals surface area (Å²) in [5.74, 6) is 1.04. The number of hydrogen-bond acceptors (Lipinski definition) is 6. The van der Waals surface area contributed by atoms with Gasteiger partial charge in [-0.1, -0.05) is 13.8 Å². The number of hydrogen-bond donors (Lipinski definition) is 0. The van der Waals surface area contributed by atoms with Crippen LogP contribution in [0.5, 0.6) is 5.75 Å². The molecule has 0 radical (unpaired) electrons. The first-order valence-corrected chi connectivity index (χ1v) is 9.20. The minimum atomic E-state index is -0.608. The minimum absolute atomic E-state index is 0.235. The molecule has 0 aliphatic carbocycles. The molecule has 0 atom stereocenters. The van der Waals surface area contributed by atoms with Gasteiger partial charge in [0, 0.05) is 17.5 Å². The molecular formula is C22H22O6. The van der Waals surface area contributed by atoms with E-state index in [1.54, 1.807) is 18.4 Å². The van der Waals surface area contributed by atoms with Crippen LogP contribution in [0.3, 0.4) is 0 Å². The molecule has 6 nitrogen and oxygen atoms in total. The number of ether oxygens (including phenoxy) is 2. The van der Waals surface area contributed by atoms with Crippen LogP contribution in [-0.4, -0.2) is 12.6 Å². The number of benzene rings is 1. The topological polar surface area (TPSA) is 78.9 Å². The zero-order valence-corrected chi connectivity index (χ0v) is 16.3. The summed E-state index contributed by atoms with van der Waals surface area (Å²) in [6, 6.07) is 6.58. The van der Waals surface area contributed by atoms with Crippen LogP contribution < -0.4 is 10.4 Å². The van der Waals surface area contributed by atoms with Gasteiger partial charge in [-0.2, -0.15) is 0 Å². The molecule has 28 heavy (non-hydrogen) atoms. The maximum atomic E-state index is 12.0. The maximum Gasteiger partial charge on any atom is 0.336 e. The highest BCUT2D eigenvalue weighted by molar-refractivity contribution is 6.01. The highest BCUT2D eigenvalue weighted by Crippen LogP contribution is 2.41. The molecule has 3 heterocycles. The summed E-state index contributed by atoms with van der Waals surface area (Å²) in [5.41, 5.74) is -0.397. The number of allylic oxidation sites excluding steroid dienone is 1. The molecule has 0 fully saturated rings. The first-order chi connectivity index (χ1) is 13.2. The van der Waals surface area contributed by atoms with E-state index in [0.717, 1.165) is 5.39 Å². The minimum Gasteiger partial charge on any atom is -0.492 e. The van der Waals surface area contributed by atoms with Crippen molar-refractivity contribution in [3.05, 3.63) is 52.8 Å². The van der Waals surface area contributed by atoms with E-state index in [-0.39, 0.29) is 11.4 Å². The summed E-state index contributed by atoms with van der Waals surface area (Å²) in [6.07, 6.45) is 4.09. The van der Waals surface area contributed by atoms with E-state index in [1.807, 2.05) is 39.8 Å². The Kier molecular flexibility index (Phi) is 4.10. The highest BCUT2D eigenvalue weighted by Gasteiger charge is 2.40. The molecule has 0 N–H and O–H groups in total. The van der Waals surface area contributed by atoms with Crippen LogP contribution in [0.25, 0.3) is 21.9 Å². The predicted molar refractivity (Wildman–Crippen MR) is 104 cm³/mol. The van der Waals surface area contributed by atoms with Gasteiger partial charge in [-0.15, -0.1) is 0 Å². The molecule has 146 valence electrons. The lowest BCUT2D eigenvalue weighted by Gasteiger charge is -2.25. The molecule has 4 rings (SSSR count). The number of fused-ring (bicyclic) bond motifs is 2. The van der Waals surface area contributed by atoms with Gasteiger partial charge in [-0.25, -0.2) is 4.79 Å². The Morgan fingerprint density at radius 3 is 2.54 bits per heavy atom. The van der Waals surface area contributed by atoms with Gasteiger partial charge in [0.15, 0.2) is 0 Å². The third-order valence-corrected chi connectivity index (χ3v) is 5.17. The number of carbonyl (C=O) groups is 1. The fourth-order valence-electron chi connectivity index (χ4n) is 3.28. The van der Waals surface area contributed by atoms with Gasteiger partial charge in [-0.05, 0) is 38.5 Å². The molecular weight excluding hydrogens is 360 g/mol. The molecule has 0 amide bonds. The Balaban J connectivity index is 1.60. The van der Waals surface area contributed by atoms with E-state index in [9.17, 15) is 9.59 Å². The van der Waals surface area contributed by atoms with Gasteiger partial charge in [0.1, 0.15) is 22.7 Å². The van der Waals surface area contributed by atoms with Crippen LogP contribution in [0.4, 0.5) is 0 Å². The van der Waals surface area contributed by atoms with Crippen LogP contribution >= 0.6 is 0 Å². The van der Waals surface area contributed by atoms with E-state index in [2.05, 4.69) is 0 Å². The summed E-state index contributed by atoms with van der Waals surface area (Å²) in [7, 11) is 0. The normalized spacial score (nSPS) is 16.4. The van der Waals surface area contributed by atoms with Gasteiger partial charge < -0.3 is 18.3 Å². The molecule has 3 aromatic rings. The quantitative estimate of drug-likeness (QED) is 0.466. The monoisotopic (exact) mass is 382 g/mol. The van der Waals surface area contributed by atoms with Gasteiger partial charge in [0.05, 0.1) is 29.1 Å². The third kappa shape index (κ3) is 3.09. The van der Waals surface area contributed by atoms with Crippen LogP contribution in [0.1, 0.15) is 34.1 Å². The number of furan rings is 1. The average Bonchev–Trinajstić information content (AvgIpc) is 3.18. The van der Waals surface area contributed by atoms with Gasteiger partial charge in [0.25, 0.3) is 0 Å². The first kappa shape index (κ1) is 18.3. The molecule has 0 unspecified atom stereocenters. The van der Waals surface area contributed by atoms with Crippen molar-refractivity contribution in [1.82, 2.24) is 0 Å². The van der Waals surface area contributed by atoms with Crippen molar-refractivity contribution < 1.29 is 23.1 Å². The van der Waals surface area contributed by atoms with E-state index in [0.29, 0.717) is 41.1 Å². The van der Waals surface area contributed by atoms with E-state index in [1.165, 1.54) is 6.07 Å². The number of carbonyl (C=O) groups excluding carboxylic acids is 1. The standard InChI is InChI=1S/C22H22O6/c1-21(2,17-12-22(3,4)20(24)28-17)8-10-26-19-13-5-6-18(23)27-16(13)11-15-14(19)7-9-25-15/h5-7,9,11-12H,8,10H2,1-4H3. The van der Waals surface area contributed by atoms with Crippen LogP contribution in [0.2, 0.25) is 0 Å². The third-order valence-electron chi connectivity index (χ3n) is 5.17. The SMILES string of the molecule is CC1(C)C=C(C(C)(C)CCOc2c3ccoc3cc3oc(=O)ccc23)OC1=O. The van der Waals surface area contributed by atoms with Crippen molar-refractivity contribution in [2.45, 2.75) is 34.1 Å². The summed E-state index contributed by atoms with van der Waals surface area (Å²) in [4.78, 5) is 23.5. The smallest absolute Gasteiger partial charge is 0.336 e. The van der Waals surface area contributed by atoms with Crippen molar-refractivity contribution in [2.24, 2.45) is 10.8 Å². The molecule has 0 bridgehead atoms. The fourth-order valence-corrected chi connectivity index (χ4v) is 3.28. The number of cyclic esters (lactones) is 1. The molecule has 1 aromatic carbocycles. The van der Waals surface area contributed by atoms with Crippen LogP contribution in [0, 0.1) is 10.8 Å². The van der Waals surface area contributed by atoms with Crippen molar-refractivity contribution in [2.75, 3.05) is 6.61 Å². The van der Waals surface area contributed by atoms with Crippen LogP contribution in [-0.2, 0) is 9.53 Å². The Hall–Kier alpha value is -3.02. The highest BCUT2D eigenvalue weighted by atomic mass is 16.5. The van der Waals surface area contributed by atoms with E-state index in [4.69, 9.17) is 18.3 Å². The second-order valence-electron chi connectivity index (χ2n) is 8.31. The zero-order chi connectivity index (χ0) is 20.1. The molecule has 1 aliphatic rings. The van der Waals surface area contributed by atoms with Gasteiger partial charge >= 0.3 is 11.6 Å². The first-order valence-electron chi connectivity index (χ1n) is 9.20. The Labute approximate surface area is 161 Å². The van der Waals surface area contributed by atoms with E-state index < -0.39 is 11.0 Å². The van der Waals surface area contributed by atoms with Crippen molar-refractivity contribution in [3.63, 3.8) is 0 Å².